The van der Waals surface area contributed by atoms with Gasteiger partial charge < -0.3 is 4.74 Å². The van der Waals surface area contributed by atoms with Crippen LogP contribution in [0.2, 0.25) is 13.1 Å². The summed E-state index contributed by atoms with van der Waals surface area (Å²) in [6, 6.07) is 17.6. The maximum absolute atomic E-state index is 11.6. The summed E-state index contributed by atoms with van der Waals surface area (Å²) in [5.74, 6) is 0.881. The van der Waals surface area contributed by atoms with Crippen molar-refractivity contribution in [2.24, 2.45) is 0 Å². The van der Waals surface area contributed by atoms with Crippen LogP contribution in [0.1, 0.15) is 28.4 Å². The lowest BCUT2D eigenvalue weighted by molar-refractivity contribution is 0.101. The van der Waals surface area contributed by atoms with E-state index in [0.29, 0.717) is 5.56 Å². The van der Waals surface area contributed by atoms with E-state index in [1.807, 2.05) is 42.5 Å². The molecule has 0 saturated carbocycles. The van der Waals surface area contributed by atoms with Gasteiger partial charge in [-0.05, 0) is 41.8 Å². The Morgan fingerprint density at radius 2 is 1.39 bits per heavy atom. The van der Waals surface area contributed by atoms with E-state index >= 15 is 0 Å². The minimum absolute atomic E-state index is 0.0638. The molecule has 0 saturated heterocycles. The van der Waals surface area contributed by atoms with Gasteiger partial charge in [-0.15, -0.1) is 0 Å². The molecule has 0 atom stereocenters. The van der Waals surface area contributed by atoms with Gasteiger partial charge in [0.2, 0.25) is 0 Å². The minimum atomic E-state index is -2.05. The Morgan fingerprint density at radius 1 is 0.893 bits per heavy atom. The predicted molar refractivity (Wildman–Crippen MR) is 116 cm³/mol. The molecular weight excluding hydrogens is 364 g/mol. The summed E-state index contributed by atoms with van der Waals surface area (Å²) in [5, 5.41) is 0. The lowest BCUT2D eigenvalue weighted by atomic mass is 9.98. The highest BCUT2D eigenvalue weighted by Crippen LogP contribution is 2.27. The van der Waals surface area contributed by atoms with Gasteiger partial charge in [-0.25, -0.2) is 9.97 Å². The van der Waals surface area contributed by atoms with Crippen LogP contribution in [-0.2, 0) is 0 Å². The number of rotatable bonds is 6. The monoisotopic (exact) mass is 388 g/mol. The van der Waals surface area contributed by atoms with Gasteiger partial charge in [0.15, 0.2) is 13.9 Å². The molecule has 142 valence electrons. The third-order valence-electron chi connectivity index (χ3n) is 4.65. The normalized spacial score (nSPS) is 11.9. The first-order valence-corrected chi connectivity index (χ1v) is 12.2. The highest BCUT2D eigenvalue weighted by molar-refractivity contribution is 6.93. The molecular formula is C23H24N2O2Si. The van der Waals surface area contributed by atoms with Gasteiger partial charge >= 0.3 is 0 Å². The van der Waals surface area contributed by atoms with Gasteiger partial charge in [0.05, 0.1) is 7.11 Å². The number of benzene rings is 2. The topological polar surface area (TPSA) is 52.1 Å². The van der Waals surface area contributed by atoms with E-state index in [2.05, 4.69) is 40.9 Å². The Bertz CT molecular complexity index is 979. The average Bonchev–Trinajstić information content (AvgIpc) is 2.73. The number of nitrogens with zero attached hydrogens (tertiary/aromatic N) is 2. The largest absolute Gasteiger partial charge is 0.497 e. The van der Waals surface area contributed by atoms with Crippen LogP contribution < -0.4 is 10.2 Å². The third kappa shape index (κ3) is 4.43. The van der Waals surface area contributed by atoms with E-state index in [4.69, 9.17) is 4.74 Å². The van der Waals surface area contributed by atoms with Crippen LogP contribution in [-0.4, -0.2) is 30.9 Å². The van der Waals surface area contributed by atoms with Crippen molar-refractivity contribution in [1.82, 2.24) is 9.97 Å². The zero-order valence-corrected chi connectivity index (χ0v) is 17.6. The number of carbonyl (C=O) groups excluding carboxylic acids is 1. The fraction of sp³-hybridized carbons (Fsp3) is 0.174. The molecule has 0 fully saturated rings. The molecule has 0 N–H and O–H groups in total. The van der Waals surface area contributed by atoms with Gasteiger partial charge in [0, 0.05) is 18.0 Å². The molecule has 28 heavy (non-hydrogen) atoms. The molecule has 1 heterocycles. The number of methoxy groups -OCH3 is 1. The molecule has 4 nitrogen and oxygen atoms in total. The minimum Gasteiger partial charge on any atom is -0.497 e. The van der Waals surface area contributed by atoms with Crippen molar-refractivity contribution in [3.63, 3.8) is 0 Å². The second-order valence-electron chi connectivity index (χ2n) is 7.21. The Kier molecular flexibility index (Phi) is 5.85. The van der Waals surface area contributed by atoms with Crippen LogP contribution in [0.15, 0.2) is 72.7 Å². The van der Waals surface area contributed by atoms with E-state index in [9.17, 15) is 4.79 Å². The van der Waals surface area contributed by atoms with Gasteiger partial charge in [-0.2, -0.15) is 0 Å². The van der Waals surface area contributed by atoms with Crippen LogP contribution in [0.25, 0.3) is 5.57 Å². The molecule has 5 heteroatoms. The molecule has 0 amide bonds. The number of aromatic nitrogens is 2. The maximum atomic E-state index is 11.6. The Balaban J connectivity index is 2.11. The highest BCUT2D eigenvalue weighted by Gasteiger charge is 2.25. The highest BCUT2D eigenvalue weighted by atomic mass is 28.3. The fourth-order valence-electron chi connectivity index (χ4n) is 3.05. The summed E-state index contributed by atoms with van der Waals surface area (Å²) < 4.78 is 5.30. The molecule has 0 spiro atoms. The van der Waals surface area contributed by atoms with Gasteiger partial charge in [-0.3, -0.25) is 4.79 Å². The number of ketones is 1. The van der Waals surface area contributed by atoms with Gasteiger partial charge in [0.1, 0.15) is 11.2 Å². The summed E-state index contributed by atoms with van der Waals surface area (Å²) in [4.78, 5) is 20.6. The molecule has 3 rings (SSSR count). The van der Waals surface area contributed by atoms with Crippen molar-refractivity contribution in [1.29, 1.82) is 0 Å². The van der Waals surface area contributed by atoms with E-state index in [1.165, 1.54) is 0 Å². The van der Waals surface area contributed by atoms with Crippen molar-refractivity contribution in [2.45, 2.75) is 20.0 Å². The molecule has 3 aromatic rings. The van der Waals surface area contributed by atoms with Crippen LogP contribution in [0, 0.1) is 0 Å². The Labute approximate surface area is 167 Å². The SMILES string of the molecule is COc1ccc(/C(=C\[Si](C)(C)c2ncccn2)c2ccc(C(C)=O)cc2)cc1. The second kappa shape index (κ2) is 8.31. The standard InChI is InChI=1S/C23H24N2O2Si/c1-17(26)18-6-8-19(9-7-18)22(20-10-12-21(27-2)13-11-20)16-28(3,4)23-24-14-5-15-25-23/h5-16H,1-4H3/b22-16-. The van der Waals surface area contributed by atoms with Gasteiger partial charge in [-0.1, -0.05) is 55.2 Å². The third-order valence-corrected chi connectivity index (χ3v) is 7.07. The number of hydrogen-bond donors (Lipinski definition) is 0. The number of Topliss-reactive ketones (excluding diaryl/α,β-unsaturated/α-hetero) is 1. The Hall–Kier alpha value is -3.05. The molecule has 0 radical (unpaired) electrons. The quantitative estimate of drug-likeness (QED) is 0.467. The number of carbonyl (C=O) groups is 1. The van der Waals surface area contributed by atoms with Gasteiger partial charge in [0.25, 0.3) is 0 Å². The first kappa shape index (κ1) is 19.7. The van der Waals surface area contributed by atoms with E-state index < -0.39 is 8.07 Å². The Morgan fingerprint density at radius 3 is 1.89 bits per heavy atom. The lowest BCUT2D eigenvalue weighted by Crippen LogP contribution is -2.44. The predicted octanol–water partition coefficient (Wildman–Crippen LogP) is 4.27. The molecule has 0 aliphatic carbocycles. The molecule has 0 unspecified atom stereocenters. The average molecular weight is 389 g/mol. The molecule has 0 bridgehead atoms. The number of ether oxygens (including phenoxy) is 1. The second-order valence-corrected chi connectivity index (χ2v) is 11.4. The summed E-state index contributed by atoms with van der Waals surface area (Å²) in [5.41, 5.74) is 7.18. The first-order valence-electron chi connectivity index (χ1n) is 9.17. The van der Waals surface area contributed by atoms with Crippen LogP contribution in [0.3, 0.4) is 0 Å². The van der Waals surface area contributed by atoms with E-state index in [1.54, 1.807) is 26.4 Å². The van der Waals surface area contributed by atoms with Crippen LogP contribution in [0.5, 0.6) is 5.75 Å². The van der Waals surface area contributed by atoms with Crippen molar-refractivity contribution in [3.8, 4) is 5.75 Å². The maximum Gasteiger partial charge on any atom is 0.159 e. The van der Waals surface area contributed by atoms with E-state index in [-0.39, 0.29) is 5.78 Å². The summed E-state index contributed by atoms with van der Waals surface area (Å²) in [6.07, 6.45) is 3.58. The van der Waals surface area contributed by atoms with Crippen molar-refractivity contribution < 1.29 is 9.53 Å². The fourth-order valence-corrected chi connectivity index (χ4v) is 5.04. The summed E-state index contributed by atoms with van der Waals surface area (Å²) >= 11 is 0. The zero-order chi connectivity index (χ0) is 20.1. The molecule has 0 aliphatic rings. The molecule has 0 aliphatic heterocycles. The van der Waals surface area contributed by atoms with Crippen LogP contribution in [0.4, 0.5) is 0 Å². The van der Waals surface area contributed by atoms with Crippen LogP contribution >= 0.6 is 0 Å². The summed E-state index contributed by atoms with van der Waals surface area (Å²) in [7, 11) is -0.386. The first-order chi connectivity index (χ1) is 13.4. The lowest BCUT2D eigenvalue weighted by Gasteiger charge is -2.19. The van der Waals surface area contributed by atoms with Crippen molar-refractivity contribution >= 4 is 24.9 Å². The molecule has 2 aromatic carbocycles. The molecule has 1 aromatic heterocycles. The van der Waals surface area contributed by atoms with Crippen molar-refractivity contribution in [3.05, 3.63) is 89.4 Å². The summed E-state index contributed by atoms with van der Waals surface area (Å²) in [6.45, 7) is 6.05. The smallest absolute Gasteiger partial charge is 0.159 e. The zero-order valence-electron chi connectivity index (χ0n) is 16.6. The van der Waals surface area contributed by atoms with Crippen molar-refractivity contribution in [2.75, 3.05) is 7.11 Å². The number of hydrogen-bond acceptors (Lipinski definition) is 4. The van der Waals surface area contributed by atoms with E-state index in [0.717, 1.165) is 27.9 Å².